The lowest BCUT2D eigenvalue weighted by molar-refractivity contribution is 0.459. The fraction of sp³-hybridized carbons (Fsp3) is 1.00. The largest absolute Gasteiger partial charge is 0.330 e. The molecule has 0 aromatic heterocycles. The molecule has 0 aliphatic heterocycles. The molecular weight excluding hydrogens is 110 g/mol. The number of hydrogen-bond acceptors (Lipinski definition) is 1. The Labute approximate surface area is 56.6 Å². The molecule has 0 amide bonds. The third kappa shape index (κ3) is 0.983. The molecule has 2 unspecified atom stereocenters. The van der Waals surface area contributed by atoms with Crippen LogP contribution in [0, 0.1) is 17.8 Å². The minimum atomic E-state index is 0.907. The van der Waals surface area contributed by atoms with Crippen LogP contribution in [0.5, 0.6) is 0 Å². The van der Waals surface area contributed by atoms with Gasteiger partial charge in [-0.3, -0.25) is 0 Å². The zero-order valence-electron chi connectivity index (χ0n) is 5.84. The number of rotatable bonds is 2. The maximum atomic E-state index is 5.47. The van der Waals surface area contributed by atoms with Crippen molar-refractivity contribution in [3.63, 3.8) is 0 Å². The fourth-order valence-corrected chi connectivity index (χ4v) is 2.31. The molecule has 0 bridgehead atoms. The second-order valence-corrected chi connectivity index (χ2v) is 3.67. The highest BCUT2D eigenvalue weighted by Gasteiger charge is 2.45. The quantitative estimate of drug-likeness (QED) is 0.593. The van der Waals surface area contributed by atoms with Crippen molar-refractivity contribution in [3.05, 3.63) is 0 Å². The molecule has 2 N–H and O–H groups in total. The topological polar surface area (TPSA) is 26.0 Å². The van der Waals surface area contributed by atoms with Gasteiger partial charge < -0.3 is 5.73 Å². The second-order valence-electron chi connectivity index (χ2n) is 3.67. The predicted molar refractivity (Wildman–Crippen MR) is 38.0 cm³/mol. The molecule has 9 heavy (non-hydrogen) atoms. The fourth-order valence-electron chi connectivity index (χ4n) is 2.31. The van der Waals surface area contributed by atoms with Gasteiger partial charge in [-0.25, -0.2) is 0 Å². The van der Waals surface area contributed by atoms with Gasteiger partial charge in [-0.1, -0.05) is 0 Å². The Morgan fingerprint density at radius 2 is 1.78 bits per heavy atom. The van der Waals surface area contributed by atoms with E-state index in [9.17, 15) is 0 Å². The van der Waals surface area contributed by atoms with Crippen molar-refractivity contribution in [3.8, 4) is 0 Å². The molecule has 0 saturated heterocycles. The minimum Gasteiger partial charge on any atom is -0.330 e. The van der Waals surface area contributed by atoms with Crippen LogP contribution in [0.4, 0.5) is 0 Å². The SMILES string of the molecule is NCCC1CC2CC2C1. The first kappa shape index (κ1) is 5.72. The molecule has 0 aromatic rings. The smallest absolute Gasteiger partial charge is 0.00746 e. The van der Waals surface area contributed by atoms with E-state index in [0.717, 1.165) is 24.3 Å². The molecule has 1 nitrogen and oxygen atoms in total. The first-order valence-corrected chi connectivity index (χ1v) is 4.10. The van der Waals surface area contributed by atoms with Crippen LogP contribution in [-0.2, 0) is 0 Å². The molecule has 0 radical (unpaired) electrons. The highest BCUT2D eigenvalue weighted by atomic mass is 14.6. The van der Waals surface area contributed by atoms with E-state index in [1.165, 1.54) is 19.3 Å². The summed E-state index contributed by atoms with van der Waals surface area (Å²) >= 11 is 0. The summed E-state index contributed by atoms with van der Waals surface area (Å²) in [5.74, 6) is 3.29. The first-order chi connectivity index (χ1) is 4.40. The lowest BCUT2D eigenvalue weighted by Crippen LogP contribution is -2.06. The number of nitrogens with two attached hydrogens (primary N) is 1. The van der Waals surface area contributed by atoms with Gasteiger partial charge in [-0.2, -0.15) is 0 Å². The molecule has 0 heterocycles. The van der Waals surface area contributed by atoms with Gasteiger partial charge in [0.2, 0.25) is 0 Å². The van der Waals surface area contributed by atoms with Crippen LogP contribution in [0.3, 0.4) is 0 Å². The Bertz CT molecular complexity index is 101. The van der Waals surface area contributed by atoms with Crippen molar-refractivity contribution >= 4 is 0 Å². The van der Waals surface area contributed by atoms with E-state index in [2.05, 4.69) is 0 Å². The van der Waals surface area contributed by atoms with Gasteiger partial charge in [0.15, 0.2) is 0 Å². The summed E-state index contributed by atoms with van der Waals surface area (Å²) in [6.45, 7) is 0.907. The van der Waals surface area contributed by atoms with Gasteiger partial charge in [0.1, 0.15) is 0 Å². The zero-order valence-corrected chi connectivity index (χ0v) is 5.84. The van der Waals surface area contributed by atoms with Crippen molar-refractivity contribution in [1.29, 1.82) is 0 Å². The van der Waals surface area contributed by atoms with Crippen LogP contribution >= 0.6 is 0 Å². The molecule has 2 atom stereocenters. The first-order valence-electron chi connectivity index (χ1n) is 4.10. The molecule has 2 rings (SSSR count). The Morgan fingerprint density at radius 3 is 2.33 bits per heavy atom. The van der Waals surface area contributed by atoms with E-state index in [1.807, 2.05) is 0 Å². The van der Waals surface area contributed by atoms with Gasteiger partial charge in [0.25, 0.3) is 0 Å². The van der Waals surface area contributed by atoms with Gasteiger partial charge in [-0.05, 0) is 50.0 Å². The minimum absolute atomic E-state index is 0.907. The van der Waals surface area contributed by atoms with E-state index in [1.54, 1.807) is 6.42 Å². The lowest BCUT2D eigenvalue weighted by Gasteiger charge is -2.07. The molecule has 0 aromatic carbocycles. The van der Waals surface area contributed by atoms with Crippen LogP contribution in [0.2, 0.25) is 0 Å². The molecule has 52 valence electrons. The van der Waals surface area contributed by atoms with E-state index in [4.69, 9.17) is 5.73 Å². The van der Waals surface area contributed by atoms with Gasteiger partial charge >= 0.3 is 0 Å². The van der Waals surface area contributed by atoms with Gasteiger partial charge in [0.05, 0.1) is 0 Å². The van der Waals surface area contributed by atoms with Crippen molar-refractivity contribution in [2.45, 2.75) is 25.7 Å². The Morgan fingerprint density at radius 1 is 1.11 bits per heavy atom. The summed E-state index contributed by atoms with van der Waals surface area (Å²) in [5, 5.41) is 0. The van der Waals surface area contributed by atoms with Crippen LogP contribution < -0.4 is 5.73 Å². The van der Waals surface area contributed by atoms with Crippen molar-refractivity contribution in [2.75, 3.05) is 6.54 Å². The molecule has 2 fully saturated rings. The zero-order chi connectivity index (χ0) is 6.27. The number of hydrogen-bond donors (Lipinski definition) is 1. The Kier molecular flexibility index (Phi) is 1.26. The van der Waals surface area contributed by atoms with Crippen LogP contribution in [0.25, 0.3) is 0 Å². The Hall–Kier alpha value is -0.0400. The van der Waals surface area contributed by atoms with Crippen LogP contribution in [-0.4, -0.2) is 6.54 Å². The third-order valence-corrected chi connectivity index (χ3v) is 2.92. The third-order valence-electron chi connectivity index (χ3n) is 2.92. The summed E-state index contributed by atoms with van der Waals surface area (Å²) in [6, 6.07) is 0. The standard InChI is InChI=1S/C8H15N/c9-2-1-6-3-7-5-8(7)4-6/h6-8H,1-5,9H2. The normalized spacial score (nSPS) is 47.0. The molecular formula is C8H15N. The summed E-state index contributed by atoms with van der Waals surface area (Å²) in [5.41, 5.74) is 5.47. The predicted octanol–water partition coefficient (Wildman–Crippen LogP) is 1.38. The summed E-state index contributed by atoms with van der Waals surface area (Å²) in [6.07, 6.45) is 5.83. The average Bonchev–Trinajstić information content (AvgIpc) is 2.42. The van der Waals surface area contributed by atoms with Gasteiger partial charge in [-0.15, -0.1) is 0 Å². The lowest BCUT2D eigenvalue weighted by atomic mass is 10.0. The van der Waals surface area contributed by atoms with Crippen molar-refractivity contribution < 1.29 is 0 Å². The van der Waals surface area contributed by atoms with E-state index >= 15 is 0 Å². The average molecular weight is 125 g/mol. The second kappa shape index (κ2) is 1.98. The maximum absolute atomic E-state index is 5.47. The van der Waals surface area contributed by atoms with Crippen LogP contribution in [0.15, 0.2) is 0 Å². The summed E-state index contributed by atoms with van der Waals surface area (Å²) < 4.78 is 0. The molecule has 2 saturated carbocycles. The monoisotopic (exact) mass is 125 g/mol. The maximum Gasteiger partial charge on any atom is -0.00746 e. The highest BCUT2D eigenvalue weighted by molar-refractivity contribution is 4.95. The van der Waals surface area contributed by atoms with Crippen LogP contribution in [0.1, 0.15) is 25.7 Å². The molecule has 2 aliphatic carbocycles. The molecule has 2 aliphatic rings. The summed E-state index contributed by atoms with van der Waals surface area (Å²) in [4.78, 5) is 0. The number of fused-ring (bicyclic) bond motifs is 1. The van der Waals surface area contributed by atoms with Crippen molar-refractivity contribution in [2.24, 2.45) is 23.5 Å². The molecule has 0 spiro atoms. The summed E-state index contributed by atoms with van der Waals surface area (Å²) in [7, 11) is 0. The van der Waals surface area contributed by atoms with E-state index in [0.29, 0.717) is 0 Å². The van der Waals surface area contributed by atoms with Gasteiger partial charge in [0, 0.05) is 0 Å². The van der Waals surface area contributed by atoms with Crippen molar-refractivity contribution in [1.82, 2.24) is 0 Å². The Balaban J connectivity index is 1.77. The van der Waals surface area contributed by atoms with E-state index in [-0.39, 0.29) is 0 Å². The highest BCUT2D eigenvalue weighted by Crippen LogP contribution is 2.54. The van der Waals surface area contributed by atoms with E-state index < -0.39 is 0 Å². The molecule has 1 heteroatoms.